The molecule has 0 saturated carbocycles. The van der Waals surface area contributed by atoms with E-state index in [-0.39, 0.29) is 62.7 Å². The molecule has 246 valence electrons. The molecule has 0 aliphatic carbocycles. The second-order valence-corrected chi connectivity index (χ2v) is 10.1. The van der Waals surface area contributed by atoms with E-state index in [1.807, 2.05) is 4.90 Å². The molecule has 0 spiro atoms. The Morgan fingerprint density at radius 1 is 0.837 bits per heavy atom. The molecule has 0 bridgehead atoms. The van der Waals surface area contributed by atoms with Crippen LogP contribution in [-0.2, 0) is 23.6 Å². The number of rotatable bonds is 9. The molecular weight excluding hydrogens is 623 g/mol. The highest BCUT2D eigenvalue weighted by Gasteiger charge is 2.37. The van der Waals surface area contributed by atoms with E-state index in [1.54, 1.807) is 18.2 Å². The molecular formula is C29H41Cl2F6N3O3. The maximum Gasteiger partial charge on any atom is 0.416 e. The number of piperazine rings is 1. The molecule has 0 radical (unpaired) electrons. The first-order chi connectivity index (χ1) is 18.6. The Hall–Kier alpha value is -2.41. The van der Waals surface area contributed by atoms with Crippen molar-refractivity contribution >= 4 is 30.7 Å². The molecule has 3 rings (SSSR count). The van der Waals surface area contributed by atoms with E-state index >= 15 is 0 Å². The van der Waals surface area contributed by atoms with Gasteiger partial charge < -0.3 is 14.4 Å². The van der Waals surface area contributed by atoms with Crippen LogP contribution < -0.4 is 9.47 Å². The minimum absolute atomic E-state index is 0. The number of hydrogen-bond donors (Lipinski definition) is 0. The van der Waals surface area contributed by atoms with Crippen LogP contribution >= 0.6 is 24.8 Å². The van der Waals surface area contributed by atoms with Crippen LogP contribution in [0.1, 0.15) is 49.6 Å². The average molecular weight is 665 g/mol. The van der Waals surface area contributed by atoms with Gasteiger partial charge in [-0.15, -0.1) is 24.8 Å². The average Bonchev–Trinajstić information content (AvgIpc) is 2.90. The zero-order chi connectivity index (χ0) is 29.8. The second kappa shape index (κ2) is 16.6. The largest absolute Gasteiger partial charge is 0.493 e. The zero-order valence-corrected chi connectivity index (χ0v) is 25.6. The first kappa shape index (κ1) is 40.6. The van der Waals surface area contributed by atoms with Crippen LogP contribution in [0.4, 0.5) is 26.3 Å². The first-order valence-electron chi connectivity index (χ1n) is 12.9. The fraction of sp³-hybridized carbons (Fsp3) is 0.552. The smallest absolute Gasteiger partial charge is 0.416 e. The van der Waals surface area contributed by atoms with E-state index in [2.05, 4.69) is 18.7 Å². The monoisotopic (exact) mass is 663 g/mol. The lowest BCUT2D eigenvalue weighted by molar-refractivity contribution is -0.143. The number of alkyl halides is 6. The Kier molecular flexibility index (Phi) is 15.7. The number of nitrogens with zero attached hydrogens (tertiary/aromatic N) is 3. The maximum atomic E-state index is 13.8. The molecule has 1 amide bonds. The molecule has 1 heterocycles. The van der Waals surface area contributed by atoms with Crippen molar-refractivity contribution in [3.05, 3.63) is 58.7 Å². The second-order valence-electron chi connectivity index (χ2n) is 10.1. The summed E-state index contributed by atoms with van der Waals surface area (Å²) in [6.45, 7) is 6.79. The lowest BCUT2D eigenvalue weighted by Crippen LogP contribution is -2.52. The summed E-state index contributed by atoms with van der Waals surface area (Å²) >= 11 is 0. The Morgan fingerprint density at radius 3 is 1.77 bits per heavy atom. The van der Waals surface area contributed by atoms with Crippen molar-refractivity contribution in [3.63, 3.8) is 0 Å². The molecule has 1 aliphatic rings. The standard InChI is InChI=1S/C28H35F6N3O3.CH4.2ClH/c1-18(2)36-10-12-37(13-11-36)25(20-6-7-23(39-4)24(16-20)40-5)26(38)35(3)9-8-19-14-21(27(29,30)31)17-22(15-19)28(32,33)34;;;/h6-7,14-18,25H,8-13H2,1-5H3;1H4;2*1H. The van der Waals surface area contributed by atoms with Gasteiger partial charge in [-0.1, -0.05) is 13.5 Å². The highest BCUT2D eigenvalue weighted by Crippen LogP contribution is 2.37. The van der Waals surface area contributed by atoms with Crippen molar-refractivity contribution in [2.45, 2.75) is 52.1 Å². The third kappa shape index (κ3) is 10.3. The minimum Gasteiger partial charge on any atom is -0.493 e. The highest BCUT2D eigenvalue weighted by atomic mass is 35.5. The predicted molar refractivity (Wildman–Crippen MR) is 160 cm³/mol. The fourth-order valence-corrected chi connectivity index (χ4v) is 4.82. The van der Waals surface area contributed by atoms with Crippen LogP contribution in [0.3, 0.4) is 0 Å². The van der Waals surface area contributed by atoms with Gasteiger partial charge in [0.15, 0.2) is 11.5 Å². The summed E-state index contributed by atoms with van der Waals surface area (Å²) in [4.78, 5) is 19.5. The fourth-order valence-electron chi connectivity index (χ4n) is 4.82. The summed E-state index contributed by atoms with van der Waals surface area (Å²) in [5.41, 5.74) is -2.27. The Morgan fingerprint density at radius 2 is 1.33 bits per heavy atom. The molecule has 43 heavy (non-hydrogen) atoms. The maximum absolute atomic E-state index is 13.8. The Labute approximate surface area is 262 Å². The molecule has 14 heteroatoms. The molecule has 0 N–H and O–H groups in total. The number of hydrogen-bond acceptors (Lipinski definition) is 5. The lowest BCUT2D eigenvalue weighted by atomic mass is 10.0. The van der Waals surface area contributed by atoms with Gasteiger partial charge in [-0.2, -0.15) is 26.3 Å². The summed E-state index contributed by atoms with van der Waals surface area (Å²) in [6, 6.07) is 6.28. The van der Waals surface area contributed by atoms with E-state index < -0.39 is 29.5 Å². The van der Waals surface area contributed by atoms with Crippen molar-refractivity contribution in [1.29, 1.82) is 0 Å². The van der Waals surface area contributed by atoms with Gasteiger partial charge in [0, 0.05) is 45.8 Å². The molecule has 1 aliphatic heterocycles. The van der Waals surface area contributed by atoms with Crippen molar-refractivity contribution < 1.29 is 40.6 Å². The molecule has 0 aromatic heterocycles. The van der Waals surface area contributed by atoms with Crippen LogP contribution in [0.2, 0.25) is 0 Å². The predicted octanol–water partition coefficient (Wildman–Crippen LogP) is 6.99. The van der Waals surface area contributed by atoms with Crippen LogP contribution in [0.25, 0.3) is 0 Å². The van der Waals surface area contributed by atoms with Gasteiger partial charge in [0.1, 0.15) is 6.04 Å². The van der Waals surface area contributed by atoms with Gasteiger partial charge in [-0.05, 0) is 61.7 Å². The van der Waals surface area contributed by atoms with Gasteiger partial charge in [0.05, 0.1) is 25.3 Å². The van der Waals surface area contributed by atoms with E-state index in [9.17, 15) is 31.1 Å². The number of carbonyl (C=O) groups excluding carboxylic acids is 1. The highest BCUT2D eigenvalue weighted by molar-refractivity contribution is 5.85. The summed E-state index contributed by atoms with van der Waals surface area (Å²) in [5, 5.41) is 0. The van der Waals surface area contributed by atoms with Gasteiger partial charge in [-0.3, -0.25) is 14.6 Å². The summed E-state index contributed by atoms with van der Waals surface area (Å²) in [5.74, 6) is 0.596. The molecule has 1 fully saturated rings. The van der Waals surface area contributed by atoms with E-state index in [4.69, 9.17) is 9.47 Å². The number of amides is 1. The van der Waals surface area contributed by atoms with E-state index in [0.717, 1.165) is 13.1 Å². The number of carbonyl (C=O) groups is 1. The van der Waals surface area contributed by atoms with E-state index in [0.29, 0.717) is 48.3 Å². The molecule has 1 atom stereocenters. The first-order valence-corrected chi connectivity index (χ1v) is 12.9. The summed E-state index contributed by atoms with van der Waals surface area (Å²) in [7, 11) is 4.48. The number of ether oxygens (including phenoxy) is 2. The third-order valence-electron chi connectivity index (χ3n) is 7.16. The van der Waals surface area contributed by atoms with Crippen molar-refractivity contribution in [1.82, 2.24) is 14.7 Å². The molecule has 1 unspecified atom stereocenters. The Balaban J connectivity index is 0.00000588. The van der Waals surface area contributed by atoms with Gasteiger partial charge in [0.2, 0.25) is 5.91 Å². The van der Waals surface area contributed by atoms with Crippen LogP contribution in [0, 0.1) is 0 Å². The lowest BCUT2D eigenvalue weighted by Gasteiger charge is -2.41. The molecule has 2 aromatic rings. The number of benzene rings is 2. The molecule has 2 aromatic carbocycles. The van der Waals surface area contributed by atoms with E-state index in [1.165, 1.54) is 26.2 Å². The quantitative estimate of drug-likeness (QED) is 0.271. The van der Waals surface area contributed by atoms with Crippen molar-refractivity contribution in [3.8, 4) is 11.5 Å². The number of likely N-dealkylation sites (N-methyl/N-ethyl adjacent to an activating group) is 1. The molecule has 1 saturated heterocycles. The van der Waals surface area contributed by atoms with Crippen LogP contribution in [0.15, 0.2) is 36.4 Å². The number of halogens is 8. The normalized spacial score (nSPS) is 15.1. The minimum atomic E-state index is -4.94. The topological polar surface area (TPSA) is 45.2 Å². The Bertz CT molecular complexity index is 1140. The van der Waals surface area contributed by atoms with Crippen molar-refractivity contribution in [2.24, 2.45) is 0 Å². The summed E-state index contributed by atoms with van der Waals surface area (Å²) in [6.07, 6.45) is -10.1. The van der Waals surface area contributed by atoms with Gasteiger partial charge in [0.25, 0.3) is 0 Å². The zero-order valence-electron chi connectivity index (χ0n) is 24.0. The molecule has 6 nitrogen and oxygen atoms in total. The van der Waals surface area contributed by atoms with Crippen LogP contribution in [0.5, 0.6) is 11.5 Å². The van der Waals surface area contributed by atoms with Crippen molar-refractivity contribution in [2.75, 3.05) is 54.0 Å². The van der Waals surface area contributed by atoms with Gasteiger partial charge >= 0.3 is 12.4 Å². The summed E-state index contributed by atoms with van der Waals surface area (Å²) < 4.78 is 90.5. The SMILES string of the molecule is C.COc1ccc(C(C(=O)N(C)CCc2cc(C(F)(F)F)cc(C(F)(F)F)c2)N2CCN(C(C)C)CC2)cc1OC.Cl.Cl. The third-order valence-corrected chi connectivity index (χ3v) is 7.16. The van der Waals surface area contributed by atoms with Gasteiger partial charge in [-0.25, -0.2) is 0 Å². The van der Waals surface area contributed by atoms with Crippen LogP contribution in [-0.4, -0.2) is 80.6 Å². The number of methoxy groups -OCH3 is 2.